The molecule has 0 N–H and O–H groups in total. The molecule has 0 spiro atoms. The molecule has 0 fully saturated rings. The van der Waals surface area contributed by atoms with Crippen LogP contribution in [-0.4, -0.2) is 9.97 Å². The van der Waals surface area contributed by atoms with Gasteiger partial charge in [-0.3, -0.25) is 9.97 Å². The van der Waals surface area contributed by atoms with Crippen molar-refractivity contribution in [1.82, 2.24) is 9.97 Å². The molecule has 1 atom stereocenters. The lowest BCUT2D eigenvalue weighted by Gasteiger charge is -2.06. The predicted octanol–water partition coefficient (Wildman–Crippen LogP) is 2.50. The summed E-state index contributed by atoms with van der Waals surface area (Å²) < 4.78 is 0. The van der Waals surface area contributed by atoms with E-state index in [1.54, 1.807) is 29.9 Å². The number of hydrogen-bond donors (Lipinski definition) is 0. The van der Waals surface area contributed by atoms with Crippen molar-refractivity contribution < 1.29 is 0 Å². The smallest absolute Gasteiger partial charge is 0.124 e. The zero-order valence-corrected chi connectivity index (χ0v) is 9.03. The van der Waals surface area contributed by atoms with E-state index in [0.29, 0.717) is 5.69 Å². The van der Waals surface area contributed by atoms with E-state index in [-0.39, 0.29) is 5.92 Å². The second-order valence-corrected chi connectivity index (χ2v) is 4.11. The van der Waals surface area contributed by atoms with Gasteiger partial charge >= 0.3 is 0 Å². The van der Waals surface area contributed by atoms with Crippen LogP contribution in [-0.2, 0) is 0 Å². The van der Waals surface area contributed by atoms with E-state index in [2.05, 4.69) is 16.0 Å². The van der Waals surface area contributed by atoms with E-state index in [9.17, 15) is 0 Å². The highest BCUT2D eigenvalue weighted by molar-refractivity contribution is 7.10. The average Bonchev–Trinajstić information content (AvgIpc) is 2.68. The van der Waals surface area contributed by atoms with E-state index in [0.717, 1.165) is 10.4 Å². The summed E-state index contributed by atoms with van der Waals surface area (Å²) in [7, 11) is 0. The molecule has 0 aliphatic heterocycles. The Bertz CT molecular complexity index is 484. The molecule has 0 radical (unpaired) electrons. The van der Waals surface area contributed by atoms with E-state index in [1.165, 1.54) is 0 Å². The van der Waals surface area contributed by atoms with Crippen molar-refractivity contribution in [2.45, 2.75) is 12.8 Å². The van der Waals surface area contributed by atoms with Crippen molar-refractivity contribution in [3.8, 4) is 6.07 Å². The van der Waals surface area contributed by atoms with Gasteiger partial charge in [-0.1, -0.05) is 0 Å². The average molecular weight is 215 g/mol. The summed E-state index contributed by atoms with van der Waals surface area (Å²) in [6.07, 6.45) is 4.87. The van der Waals surface area contributed by atoms with Gasteiger partial charge in [-0.2, -0.15) is 5.26 Å². The normalized spacial score (nSPS) is 12.0. The minimum absolute atomic E-state index is 0.293. The van der Waals surface area contributed by atoms with E-state index >= 15 is 0 Å². The zero-order chi connectivity index (χ0) is 10.7. The molecule has 2 heterocycles. The van der Waals surface area contributed by atoms with Crippen LogP contribution in [0.15, 0.2) is 30.0 Å². The zero-order valence-electron chi connectivity index (χ0n) is 8.21. The minimum Gasteiger partial charge on any atom is -0.261 e. The first kappa shape index (κ1) is 9.81. The maximum Gasteiger partial charge on any atom is 0.124 e. The summed E-state index contributed by atoms with van der Waals surface area (Å²) in [5.74, 6) is -0.293. The molecule has 15 heavy (non-hydrogen) atoms. The van der Waals surface area contributed by atoms with Crippen LogP contribution in [0.25, 0.3) is 0 Å². The van der Waals surface area contributed by atoms with Gasteiger partial charge in [0.15, 0.2) is 0 Å². The van der Waals surface area contributed by atoms with Crippen LogP contribution < -0.4 is 0 Å². The predicted molar refractivity (Wildman–Crippen MR) is 58.5 cm³/mol. The van der Waals surface area contributed by atoms with Crippen LogP contribution in [0.3, 0.4) is 0 Å². The molecule has 0 aliphatic carbocycles. The lowest BCUT2D eigenvalue weighted by atomic mass is 10.0. The van der Waals surface area contributed by atoms with Gasteiger partial charge in [0.1, 0.15) is 5.92 Å². The van der Waals surface area contributed by atoms with E-state index < -0.39 is 0 Å². The van der Waals surface area contributed by atoms with Gasteiger partial charge in [0.05, 0.1) is 18.0 Å². The molecular weight excluding hydrogens is 206 g/mol. The molecule has 74 valence electrons. The SMILES string of the molecule is Cc1ccsc1C(C#N)c1cnccn1. The topological polar surface area (TPSA) is 49.6 Å². The Hall–Kier alpha value is -1.73. The van der Waals surface area contributed by atoms with Crippen LogP contribution in [0, 0.1) is 18.3 Å². The molecule has 4 heteroatoms. The molecule has 3 nitrogen and oxygen atoms in total. The fraction of sp³-hybridized carbons (Fsp3) is 0.182. The third-order valence-corrected chi connectivity index (χ3v) is 3.26. The monoisotopic (exact) mass is 215 g/mol. The highest BCUT2D eigenvalue weighted by Gasteiger charge is 2.17. The number of nitrogens with zero attached hydrogens (tertiary/aromatic N) is 3. The van der Waals surface area contributed by atoms with Crippen LogP contribution >= 0.6 is 11.3 Å². The van der Waals surface area contributed by atoms with Gasteiger partial charge in [-0.05, 0) is 23.9 Å². The molecule has 0 aliphatic rings. The number of aryl methyl sites for hydroxylation is 1. The van der Waals surface area contributed by atoms with Crippen LogP contribution in [0.5, 0.6) is 0 Å². The van der Waals surface area contributed by atoms with E-state index in [4.69, 9.17) is 5.26 Å². The maximum absolute atomic E-state index is 9.16. The van der Waals surface area contributed by atoms with Gasteiger partial charge in [0.25, 0.3) is 0 Å². The number of aromatic nitrogens is 2. The first-order valence-electron chi connectivity index (χ1n) is 4.52. The Kier molecular flexibility index (Phi) is 2.75. The summed E-state index contributed by atoms with van der Waals surface area (Å²) in [5, 5.41) is 11.2. The van der Waals surface area contributed by atoms with Gasteiger partial charge in [-0.15, -0.1) is 11.3 Å². The second-order valence-electron chi connectivity index (χ2n) is 3.16. The van der Waals surface area contributed by atoms with Gasteiger partial charge in [-0.25, -0.2) is 0 Å². The van der Waals surface area contributed by atoms with Crippen molar-refractivity contribution in [3.05, 3.63) is 46.2 Å². The molecule has 0 saturated heterocycles. The summed E-state index contributed by atoms with van der Waals surface area (Å²) in [6.45, 7) is 2.01. The quantitative estimate of drug-likeness (QED) is 0.773. The number of thiophene rings is 1. The van der Waals surface area contributed by atoms with Crippen molar-refractivity contribution in [3.63, 3.8) is 0 Å². The fourth-order valence-corrected chi connectivity index (χ4v) is 2.38. The molecule has 2 rings (SSSR count). The maximum atomic E-state index is 9.16. The third-order valence-electron chi connectivity index (χ3n) is 2.17. The van der Waals surface area contributed by atoms with Crippen LogP contribution in [0.1, 0.15) is 22.1 Å². The standard InChI is InChI=1S/C11H9N3S/c1-8-2-5-15-11(8)9(6-12)10-7-13-3-4-14-10/h2-5,7,9H,1H3. The molecule has 0 saturated carbocycles. The first-order valence-corrected chi connectivity index (χ1v) is 5.40. The Morgan fingerprint density at radius 2 is 2.33 bits per heavy atom. The summed E-state index contributed by atoms with van der Waals surface area (Å²) in [4.78, 5) is 9.21. The lowest BCUT2D eigenvalue weighted by Crippen LogP contribution is -2.00. The van der Waals surface area contributed by atoms with Gasteiger partial charge in [0.2, 0.25) is 0 Å². The molecule has 2 aromatic heterocycles. The molecular formula is C11H9N3S. The third kappa shape index (κ3) is 1.88. The van der Waals surface area contributed by atoms with Gasteiger partial charge in [0, 0.05) is 17.3 Å². The second kappa shape index (κ2) is 4.20. The molecule has 0 amide bonds. The number of rotatable bonds is 2. The highest BCUT2D eigenvalue weighted by atomic mass is 32.1. The molecule has 0 bridgehead atoms. The Balaban J connectivity index is 2.43. The van der Waals surface area contributed by atoms with Crippen LogP contribution in [0.2, 0.25) is 0 Å². The van der Waals surface area contributed by atoms with Crippen LogP contribution in [0.4, 0.5) is 0 Å². The summed E-state index contributed by atoms with van der Waals surface area (Å²) in [6, 6.07) is 4.28. The van der Waals surface area contributed by atoms with E-state index in [1.807, 2.05) is 18.4 Å². The Morgan fingerprint density at radius 1 is 1.47 bits per heavy atom. The first-order chi connectivity index (χ1) is 7.33. The molecule has 0 aromatic carbocycles. The summed E-state index contributed by atoms with van der Waals surface area (Å²) in [5.41, 5.74) is 1.85. The molecule has 1 unspecified atom stereocenters. The van der Waals surface area contributed by atoms with Crippen molar-refractivity contribution in [2.24, 2.45) is 0 Å². The number of hydrogen-bond acceptors (Lipinski definition) is 4. The Morgan fingerprint density at radius 3 is 2.87 bits per heavy atom. The van der Waals surface area contributed by atoms with Crippen molar-refractivity contribution in [2.75, 3.05) is 0 Å². The highest BCUT2D eigenvalue weighted by Crippen LogP contribution is 2.29. The van der Waals surface area contributed by atoms with Gasteiger partial charge < -0.3 is 0 Å². The van der Waals surface area contributed by atoms with Crippen molar-refractivity contribution >= 4 is 11.3 Å². The molecule has 2 aromatic rings. The fourth-order valence-electron chi connectivity index (χ4n) is 1.40. The summed E-state index contributed by atoms with van der Waals surface area (Å²) >= 11 is 1.59. The lowest BCUT2D eigenvalue weighted by molar-refractivity contribution is 0.953. The Labute approximate surface area is 92.1 Å². The minimum atomic E-state index is -0.293. The number of nitriles is 1. The van der Waals surface area contributed by atoms with Crippen molar-refractivity contribution in [1.29, 1.82) is 5.26 Å². The largest absolute Gasteiger partial charge is 0.261 e.